The summed E-state index contributed by atoms with van der Waals surface area (Å²) < 4.78 is 9.98. The first-order chi connectivity index (χ1) is 7.97. The molecule has 6 heteroatoms. The maximum absolute atomic E-state index is 12.0. The van der Waals surface area contributed by atoms with Gasteiger partial charge in [-0.25, -0.2) is 0 Å². The lowest BCUT2D eigenvalue weighted by atomic mass is 10.1. The first-order valence-electron chi connectivity index (χ1n) is 5.03. The zero-order valence-electron chi connectivity index (χ0n) is 9.90. The Balaban J connectivity index is 2.65. The highest BCUT2D eigenvalue weighted by Crippen LogP contribution is 2.19. The van der Waals surface area contributed by atoms with Crippen LogP contribution in [0.15, 0.2) is 21.4 Å². The Morgan fingerprint density at radius 2 is 2.24 bits per heavy atom. The average molecular weight is 304 g/mol. The molecule has 0 bridgehead atoms. The van der Waals surface area contributed by atoms with E-state index in [0.29, 0.717) is 16.8 Å². The Hall–Kier alpha value is -1.30. The molecule has 0 aromatic carbocycles. The van der Waals surface area contributed by atoms with E-state index in [1.807, 2.05) is 0 Å². The van der Waals surface area contributed by atoms with Crippen molar-refractivity contribution in [2.45, 2.75) is 6.92 Å². The highest BCUT2D eigenvalue weighted by atomic mass is 79.9. The Bertz CT molecular complexity index is 415. The second-order valence-electron chi connectivity index (χ2n) is 3.72. The summed E-state index contributed by atoms with van der Waals surface area (Å²) in [6.07, 6.45) is 1.43. The molecule has 0 aliphatic heterocycles. The molecular weight excluding hydrogens is 290 g/mol. The number of nitrogens with zero attached hydrogens (tertiary/aromatic N) is 1. The van der Waals surface area contributed by atoms with Gasteiger partial charge in [-0.3, -0.25) is 9.59 Å². The quantitative estimate of drug-likeness (QED) is 0.797. The fourth-order valence-corrected chi connectivity index (χ4v) is 1.83. The number of hydrogen-bond acceptors (Lipinski definition) is 4. The van der Waals surface area contributed by atoms with Crippen molar-refractivity contribution in [2.75, 3.05) is 20.7 Å². The maximum atomic E-state index is 12.0. The number of hydrogen-bond donors (Lipinski definition) is 0. The first-order valence-corrected chi connectivity index (χ1v) is 5.83. The minimum absolute atomic E-state index is 0.207. The van der Waals surface area contributed by atoms with Gasteiger partial charge in [0.2, 0.25) is 0 Å². The summed E-state index contributed by atoms with van der Waals surface area (Å²) in [5.74, 6) is -0.906. The summed E-state index contributed by atoms with van der Waals surface area (Å²) >= 11 is 3.14. The third-order valence-electron chi connectivity index (χ3n) is 2.35. The van der Waals surface area contributed by atoms with Crippen LogP contribution in [0.1, 0.15) is 17.3 Å². The monoisotopic (exact) mass is 303 g/mol. The van der Waals surface area contributed by atoms with Crippen LogP contribution in [0, 0.1) is 5.92 Å². The van der Waals surface area contributed by atoms with Gasteiger partial charge in [0, 0.05) is 13.6 Å². The van der Waals surface area contributed by atoms with Crippen LogP contribution in [0.25, 0.3) is 0 Å². The van der Waals surface area contributed by atoms with Crippen LogP contribution in [-0.4, -0.2) is 37.5 Å². The largest absolute Gasteiger partial charge is 0.469 e. The van der Waals surface area contributed by atoms with Crippen LogP contribution in [-0.2, 0) is 9.53 Å². The fourth-order valence-electron chi connectivity index (χ4n) is 1.42. The summed E-state index contributed by atoms with van der Waals surface area (Å²) in [5, 5.41) is 0. The van der Waals surface area contributed by atoms with Gasteiger partial charge in [-0.1, -0.05) is 6.92 Å². The molecule has 94 valence electrons. The SMILES string of the molecule is COC(=O)C(C)CN(C)C(=O)c1ccoc1Br. The molecular formula is C11H14BrNO4. The molecule has 0 saturated heterocycles. The maximum Gasteiger partial charge on any atom is 0.310 e. The Kier molecular flexibility index (Phi) is 4.74. The smallest absolute Gasteiger partial charge is 0.310 e. The molecule has 17 heavy (non-hydrogen) atoms. The minimum atomic E-state index is -0.361. The number of carbonyl (C=O) groups is 2. The Labute approximate surface area is 108 Å². The van der Waals surface area contributed by atoms with Gasteiger partial charge in [-0.05, 0) is 22.0 Å². The van der Waals surface area contributed by atoms with E-state index in [1.165, 1.54) is 18.3 Å². The molecule has 0 N–H and O–H groups in total. The molecule has 0 aliphatic carbocycles. The normalized spacial score (nSPS) is 12.0. The van der Waals surface area contributed by atoms with Crippen molar-refractivity contribution in [1.29, 1.82) is 0 Å². The standard InChI is InChI=1S/C11H14BrNO4/c1-7(11(15)16-3)6-13(2)10(14)8-4-5-17-9(8)12/h4-5,7H,6H2,1-3H3. The van der Waals surface area contributed by atoms with E-state index in [1.54, 1.807) is 20.0 Å². The lowest BCUT2D eigenvalue weighted by Crippen LogP contribution is -2.34. The van der Waals surface area contributed by atoms with Crippen molar-refractivity contribution in [3.63, 3.8) is 0 Å². The molecule has 1 unspecified atom stereocenters. The van der Waals surface area contributed by atoms with Gasteiger partial charge in [0.15, 0.2) is 4.67 Å². The van der Waals surface area contributed by atoms with Crippen molar-refractivity contribution in [1.82, 2.24) is 4.90 Å². The Morgan fingerprint density at radius 3 is 2.71 bits per heavy atom. The summed E-state index contributed by atoms with van der Waals surface area (Å²) in [7, 11) is 2.95. The number of esters is 1. The van der Waals surface area contributed by atoms with Gasteiger partial charge < -0.3 is 14.1 Å². The highest BCUT2D eigenvalue weighted by molar-refractivity contribution is 9.10. The van der Waals surface area contributed by atoms with Crippen molar-refractivity contribution in [2.24, 2.45) is 5.92 Å². The molecule has 0 aliphatic rings. The number of rotatable bonds is 4. The number of methoxy groups -OCH3 is 1. The number of furan rings is 1. The van der Waals surface area contributed by atoms with E-state index in [0.717, 1.165) is 0 Å². The molecule has 1 amide bonds. The molecule has 0 fully saturated rings. The molecule has 5 nitrogen and oxygen atoms in total. The zero-order valence-corrected chi connectivity index (χ0v) is 11.5. The van der Waals surface area contributed by atoms with Gasteiger partial charge in [0.05, 0.1) is 24.9 Å². The van der Waals surface area contributed by atoms with Crippen LogP contribution < -0.4 is 0 Å². The molecule has 1 rings (SSSR count). The van der Waals surface area contributed by atoms with E-state index >= 15 is 0 Å². The average Bonchev–Trinajstić information content (AvgIpc) is 2.73. The van der Waals surface area contributed by atoms with Crippen LogP contribution >= 0.6 is 15.9 Å². The molecule has 1 aromatic rings. The van der Waals surface area contributed by atoms with Gasteiger partial charge in [0.25, 0.3) is 5.91 Å². The Morgan fingerprint density at radius 1 is 1.59 bits per heavy atom. The lowest BCUT2D eigenvalue weighted by Gasteiger charge is -2.19. The van der Waals surface area contributed by atoms with E-state index in [9.17, 15) is 9.59 Å². The number of halogens is 1. The predicted octanol–water partition coefficient (Wildman–Crippen LogP) is 1.92. The topological polar surface area (TPSA) is 59.8 Å². The highest BCUT2D eigenvalue weighted by Gasteiger charge is 2.21. The van der Waals surface area contributed by atoms with Gasteiger partial charge >= 0.3 is 5.97 Å². The molecule has 0 saturated carbocycles. The number of carbonyl (C=O) groups excluding carboxylic acids is 2. The summed E-state index contributed by atoms with van der Waals surface area (Å²) in [6, 6.07) is 1.58. The van der Waals surface area contributed by atoms with Crippen LogP contribution in [0.5, 0.6) is 0 Å². The van der Waals surface area contributed by atoms with Crippen molar-refractivity contribution in [3.05, 3.63) is 22.6 Å². The van der Waals surface area contributed by atoms with Crippen molar-refractivity contribution < 1.29 is 18.7 Å². The van der Waals surface area contributed by atoms with Crippen LogP contribution in [0.4, 0.5) is 0 Å². The summed E-state index contributed by atoms with van der Waals surface area (Å²) in [4.78, 5) is 24.6. The summed E-state index contributed by atoms with van der Waals surface area (Å²) in [5.41, 5.74) is 0.435. The van der Waals surface area contributed by atoms with Crippen LogP contribution in [0.3, 0.4) is 0 Å². The van der Waals surface area contributed by atoms with Crippen molar-refractivity contribution >= 4 is 27.8 Å². The van der Waals surface area contributed by atoms with Crippen molar-refractivity contribution in [3.8, 4) is 0 Å². The summed E-state index contributed by atoms with van der Waals surface area (Å²) in [6.45, 7) is 2.00. The van der Waals surface area contributed by atoms with E-state index in [2.05, 4.69) is 20.7 Å². The van der Waals surface area contributed by atoms with Crippen LogP contribution in [0.2, 0.25) is 0 Å². The third-order valence-corrected chi connectivity index (χ3v) is 2.96. The third kappa shape index (κ3) is 3.33. The van der Waals surface area contributed by atoms with E-state index in [4.69, 9.17) is 4.42 Å². The molecule has 1 heterocycles. The second-order valence-corrected chi connectivity index (χ2v) is 4.44. The van der Waals surface area contributed by atoms with E-state index in [-0.39, 0.29) is 17.8 Å². The fraction of sp³-hybridized carbons (Fsp3) is 0.455. The number of ether oxygens (including phenoxy) is 1. The second kappa shape index (κ2) is 5.86. The predicted molar refractivity (Wildman–Crippen MR) is 64.5 cm³/mol. The molecule has 0 spiro atoms. The van der Waals surface area contributed by atoms with Gasteiger partial charge in [-0.15, -0.1) is 0 Å². The van der Waals surface area contributed by atoms with Gasteiger partial charge in [0.1, 0.15) is 0 Å². The molecule has 0 radical (unpaired) electrons. The molecule has 1 atom stereocenters. The molecule has 1 aromatic heterocycles. The number of amides is 1. The van der Waals surface area contributed by atoms with E-state index < -0.39 is 0 Å². The zero-order chi connectivity index (χ0) is 13.0. The first kappa shape index (κ1) is 13.8. The van der Waals surface area contributed by atoms with Gasteiger partial charge in [-0.2, -0.15) is 0 Å². The lowest BCUT2D eigenvalue weighted by molar-refractivity contribution is -0.145. The minimum Gasteiger partial charge on any atom is -0.469 e.